The monoisotopic (exact) mass is 271 g/mol. The number of halogens is 2. The Kier molecular flexibility index (Phi) is 4.24. The first kappa shape index (κ1) is 11.9. The third-order valence-corrected chi connectivity index (χ3v) is 3.80. The number of thiophene rings is 1. The molecule has 16 heavy (non-hydrogen) atoms. The van der Waals surface area contributed by atoms with Gasteiger partial charge < -0.3 is 5.32 Å². The van der Waals surface area contributed by atoms with Crippen molar-refractivity contribution in [3.63, 3.8) is 0 Å². The normalized spacial score (nSPS) is 10.6. The fourth-order valence-electron chi connectivity index (χ4n) is 1.41. The zero-order valence-electron chi connectivity index (χ0n) is 8.54. The molecular formula is C12H11Cl2NS. The first-order chi connectivity index (χ1) is 7.75. The predicted octanol–water partition coefficient (Wildman–Crippen LogP) is 4.34. The van der Waals surface area contributed by atoms with E-state index in [1.807, 2.05) is 36.4 Å². The van der Waals surface area contributed by atoms with Crippen molar-refractivity contribution in [1.29, 1.82) is 0 Å². The maximum Gasteiger partial charge on any atom is 0.0931 e. The molecule has 0 saturated carbocycles. The van der Waals surface area contributed by atoms with Crippen LogP contribution in [0, 0.1) is 0 Å². The van der Waals surface area contributed by atoms with Gasteiger partial charge in [0, 0.05) is 23.0 Å². The first-order valence-corrected chi connectivity index (χ1v) is 6.51. The van der Waals surface area contributed by atoms with Gasteiger partial charge in [-0.2, -0.15) is 0 Å². The lowest BCUT2D eigenvalue weighted by Gasteiger charge is -2.05. The molecule has 0 saturated heterocycles. The highest BCUT2D eigenvalue weighted by molar-refractivity contribution is 7.16. The van der Waals surface area contributed by atoms with E-state index < -0.39 is 0 Å². The maximum atomic E-state index is 6.05. The molecule has 0 bridgehead atoms. The average molecular weight is 272 g/mol. The van der Waals surface area contributed by atoms with Crippen molar-refractivity contribution < 1.29 is 0 Å². The van der Waals surface area contributed by atoms with Gasteiger partial charge >= 0.3 is 0 Å². The topological polar surface area (TPSA) is 12.0 Å². The van der Waals surface area contributed by atoms with E-state index in [9.17, 15) is 0 Å². The van der Waals surface area contributed by atoms with Gasteiger partial charge in [-0.15, -0.1) is 11.3 Å². The van der Waals surface area contributed by atoms with Gasteiger partial charge in [0.2, 0.25) is 0 Å². The highest BCUT2D eigenvalue weighted by Crippen LogP contribution is 2.21. The Bertz CT molecular complexity index is 468. The van der Waals surface area contributed by atoms with Crippen molar-refractivity contribution in [1.82, 2.24) is 5.32 Å². The minimum Gasteiger partial charge on any atom is -0.308 e. The SMILES string of the molecule is Clc1ccc(CNCc2ccccc2Cl)s1. The zero-order chi connectivity index (χ0) is 11.4. The second-order valence-corrected chi connectivity index (χ2v) is 5.61. The van der Waals surface area contributed by atoms with Crippen LogP contribution in [0.2, 0.25) is 9.36 Å². The van der Waals surface area contributed by atoms with E-state index in [1.165, 1.54) is 4.88 Å². The van der Waals surface area contributed by atoms with Gasteiger partial charge in [-0.25, -0.2) is 0 Å². The highest BCUT2D eigenvalue weighted by atomic mass is 35.5. The summed E-state index contributed by atoms with van der Waals surface area (Å²) < 4.78 is 0.828. The molecule has 0 aliphatic heterocycles. The van der Waals surface area contributed by atoms with Crippen LogP contribution in [0.15, 0.2) is 36.4 Å². The molecule has 0 unspecified atom stereocenters. The van der Waals surface area contributed by atoms with Gasteiger partial charge in [0.15, 0.2) is 0 Å². The Hall–Kier alpha value is -0.540. The summed E-state index contributed by atoms with van der Waals surface area (Å²) in [5.74, 6) is 0. The van der Waals surface area contributed by atoms with E-state index in [-0.39, 0.29) is 0 Å². The molecule has 0 aliphatic carbocycles. The molecule has 1 aromatic carbocycles. The van der Waals surface area contributed by atoms with Crippen LogP contribution in [0.3, 0.4) is 0 Å². The Morgan fingerprint density at radius 2 is 1.81 bits per heavy atom. The third kappa shape index (κ3) is 3.22. The van der Waals surface area contributed by atoms with Crippen LogP contribution in [-0.2, 0) is 13.1 Å². The van der Waals surface area contributed by atoms with E-state index in [1.54, 1.807) is 11.3 Å². The summed E-state index contributed by atoms with van der Waals surface area (Å²) in [5, 5.41) is 4.14. The summed E-state index contributed by atoms with van der Waals surface area (Å²) in [4.78, 5) is 1.23. The summed E-state index contributed by atoms with van der Waals surface area (Å²) in [6.45, 7) is 1.60. The fraction of sp³-hybridized carbons (Fsp3) is 0.167. The van der Waals surface area contributed by atoms with E-state index in [0.717, 1.165) is 28.0 Å². The van der Waals surface area contributed by atoms with Gasteiger partial charge in [-0.05, 0) is 23.8 Å². The molecule has 4 heteroatoms. The molecule has 0 aliphatic rings. The Morgan fingerprint density at radius 1 is 1.00 bits per heavy atom. The van der Waals surface area contributed by atoms with E-state index in [4.69, 9.17) is 23.2 Å². The van der Waals surface area contributed by atoms with E-state index >= 15 is 0 Å². The second kappa shape index (κ2) is 5.69. The molecule has 0 atom stereocenters. The Balaban J connectivity index is 1.87. The first-order valence-electron chi connectivity index (χ1n) is 4.94. The summed E-state index contributed by atoms with van der Waals surface area (Å²) in [7, 11) is 0. The van der Waals surface area contributed by atoms with E-state index in [2.05, 4.69) is 5.32 Å². The van der Waals surface area contributed by atoms with Crippen molar-refractivity contribution >= 4 is 34.5 Å². The molecule has 0 radical (unpaired) electrons. The van der Waals surface area contributed by atoms with Crippen molar-refractivity contribution in [3.05, 3.63) is 56.2 Å². The average Bonchev–Trinajstić information content (AvgIpc) is 2.67. The van der Waals surface area contributed by atoms with Crippen molar-refractivity contribution in [3.8, 4) is 0 Å². The fourth-order valence-corrected chi connectivity index (χ4v) is 2.67. The van der Waals surface area contributed by atoms with E-state index in [0.29, 0.717) is 0 Å². The van der Waals surface area contributed by atoms with Gasteiger partial charge in [0.1, 0.15) is 0 Å². The predicted molar refractivity (Wildman–Crippen MR) is 71.3 cm³/mol. The quantitative estimate of drug-likeness (QED) is 0.872. The largest absolute Gasteiger partial charge is 0.308 e. The summed E-state index contributed by atoms with van der Waals surface area (Å²) >= 11 is 13.5. The Labute approximate surface area is 109 Å². The molecule has 1 nitrogen and oxygen atoms in total. The summed E-state index contributed by atoms with van der Waals surface area (Å²) in [6.07, 6.45) is 0. The van der Waals surface area contributed by atoms with Gasteiger partial charge in [0.05, 0.1) is 4.34 Å². The van der Waals surface area contributed by atoms with Crippen LogP contribution < -0.4 is 5.32 Å². The molecule has 2 rings (SSSR count). The molecule has 1 heterocycles. The van der Waals surface area contributed by atoms with Crippen LogP contribution in [0.5, 0.6) is 0 Å². The minimum absolute atomic E-state index is 0.773. The second-order valence-electron chi connectivity index (χ2n) is 3.40. The number of hydrogen-bond donors (Lipinski definition) is 1. The van der Waals surface area contributed by atoms with Gasteiger partial charge in [0.25, 0.3) is 0 Å². The lowest BCUT2D eigenvalue weighted by Crippen LogP contribution is -2.11. The zero-order valence-corrected chi connectivity index (χ0v) is 10.9. The molecule has 2 aromatic rings. The molecule has 0 spiro atoms. The lowest BCUT2D eigenvalue weighted by molar-refractivity contribution is 0.701. The molecular weight excluding hydrogens is 261 g/mol. The molecule has 0 amide bonds. The standard InChI is InChI=1S/C12H11Cl2NS/c13-11-4-2-1-3-9(11)7-15-8-10-5-6-12(14)16-10/h1-6,15H,7-8H2. The molecule has 1 aromatic heterocycles. The van der Waals surface area contributed by atoms with Crippen molar-refractivity contribution in [2.45, 2.75) is 13.1 Å². The summed E-state index contributed by atoms with van der Waals surface area (Å²) in [6, 6.07) is 11.8. The third-order valence-electron chi connectivity index (χ3n) is 2.20. The lowest BCUT2D eigenvalue weighted by atomic mass is 10.2. The van der Waals surface area contributed by atoms with Gasteiger partial charge in [-0.1, -0.05) is 41.4 Å². The highest BCUT2D eigenvalue weighted by Gasteiger charge is 2.00. The number of rotatable bonds is 4. The minimum atomic E-state index is 0.773. The van der Waals surface area contributed by atoms with Crippen LogP contribution in [0.1, 0.15) is 10.4 Å². The van der Waals surface area contributed by atoms with Crippen molar-refractivity contribution in [2.24, 2.45) is 0 Å². The van der Waals surface area contributed by atoms with Gasteiger partial charge in [-0.3, -0.25) is 0 Å². The molecule has 1 N–H and O–H groups in total. The maximum absolute atomic E-state index is 6.05. The number of hydrogen-bond acceptors (Lipinski definition) is 2. The smallest absolute Gasteiger partial charge is 0.0931 e. The number of benzene rings is 1. The molecule has 0 fully saturated rings. The summed E-state index contributed by atoms with van der Waals surface area (Å²) in [5.41, 5.74) is 1.12. The molecule has 84 valence electrons. The van der Waals surface area contributed by atoms with Crippen LogP contribution in [-0.4, -0.2) is 0 Å². The van der Waals surface area contributed by atoms with Crippen LogP contribution in [0.4, 0.5) is 0 Å². The van der Waals surface area contributed by atoms with Crippen LogP contribution >= 0.6 is 34.5 Å². The number of nitrogens with one attached hydrogen (secondary N) is 1. The van der Waals surface area contributed by atoms with Crippen LogP contribution in [0.25, 0.3) is 0 Å². The van der Waals surface area contributed by atoms with Crippen molar-refractivity contribution in [2.75, 3.05) is 0 Å². The Morgan fingerprint density at radius 3 is 2.50 bits per heavy atom.